The quantitative estimate of drug-likeness (QED) is 0.850. The summed E-state index contributed by atoms with van der Waals surface area (Å²) in [6.07, 6.45) is 9.93. The number of piperidine rings is 1. The fraction of sp³-hybridized carbons (Fsp3) is 0.500. The molecule has 1 N–H and O–H groups in total. The predicted octanol–water partition coefficient (Wildman–Crippen LogP) is 1.84. The van der Waals surface area contributed by atoms with Crippen LogP contribution in [-0.2, 0) is 4.79 Å². The zero-order chi connectivity index (χ0) is 13.8. The average molecular weight is 271 g/mol. The molecule has 1 amide bonds. The molecule has 0 unspecified atom stereocenters. The molecule has 0 aromatic carbocycles. The number of carbonyl (C=O) groups excluding carboxylic acids is 1. The lowest BCUT2D eigenvalue weighted by Crippen LogP contribution is -2.44. The van der Waals surface area contributed by atoms with Crippen molar-refractivity contribution in [3.63, 3.8) is 0 Å². The molecule has 1 saturated carbocycles. The van der Waals surface area contributed by atoms with E-state index in [0.29, 0.717) is 6.04 Å². The largest absolute Gasteiger partial charge is 0.350 e. The van der Waals surface area contributed by atoms with E-state index < -0.39 is 0 Å². The maximum Gasteiger partial charge on any atom is 0.244 e. The second-order valence-corrected chi connectivity index (χ2v) is 5.64. The van der Waals surface area contributed by atoms with Crippen molar-refractivity contribution in [2.24, 2.45) is 0 Å². The van der Waals surface area contributed by atoms with E-state index in [1.54, 1.807) is 18.3 Å². The summed E-state index contributed by atoms with van der Waals surface area (Å²) in [5, 5.41) is 3.09. The molecule has 1 aliphatic carbocycles. The Balaban J connectivity index is 1.44. The monoisotopic (exact) mass is 271 g/mol. The summed E-state index contributed by atoms with van der Waals surface area (Å²) in [6, 6.07) is 6.84. The molecule has 4 nitrogen and oxygen atoms in total. The van der Waals surface area contributed by atoms with Gasteiger partial charge in [-0.05, 0) is 43.9 Å². The van der Waals surface area contributed by atoms with Crippen molar-refractivity contribution >= 4 is 12.0 Å². The van der Waals surface area contributed by atoms with E-state index in [1.807, 2.05) is 18.2 Å². The standard InChI is InChI=1S/C16H21N3O/c20-16(7-4-13-3-1-2-10-17-13)18-14-8-11-19(12-9-14)15-5-6-15/h1-4,7,10,14-15H,5-6,8-9,11-12H2,(H,18,20)/b7-4+. The zero-order valence-electron chi connectivity index (χ0n) is 11.7. The maximum absolute atomic E-state index is 11.9. The molecule has 2 heterocycles. The highest BCUT2D eigenvalue weighted by molar-refractivity contribution is 5.91. The van der Waals surface area contributed by atoms with Gasteiger partial charge in [0, 0.05) is 37.4 Å². The van der Waals surface area contributed by atoms with Gasteiger partial charge >= 0.3 is 0 Å². The lowest BCUT2D eigenvalue weighted by molar-refractivity contribution is -0.117. The number of rotatable bonds is 4. The highest BCUT2D eigenvalue weighted by Crippen LogP contribution is 2.29. The normalized spacial score (nSPS) is 21.2. The van der Waals surface area contributed by atoms with Crippen LogP contribution in [0.1, 0.15) is 31.4 Å². The van der Waals surface area contributed by atoms with Gasteiger partial charge in [-0.1, -0.05) is 6.07 Å². The van der Waals surface area contributed by atoms with E-state index in [-0.39, 0.29) is 5.91 Å². The lowest BCUT2D eigenvalue weighted by atomic mass is 10.0. The summed E-state index contributed by atoms with van der Waals surface area (Å²) in [4.78, 5) is 18.6. The van der Waals surface area contributed by atoms with Gasteiger partial charge in [0.15, 0.2) is 0 Å². The smallest absolute Gasteiger partial charge is 0.244 e. The molecule has 4 heteroatoms. The first-order chi connectivity index (χ1) is 9.81. The van der Waals surface area contributed by atoms with Crippen LogP contribution in [-0.4, -0.2) is 41.0 Å². The highest BCUT2D eigenvalue weighted by Gasteiger charge is 2.31. The van der Waals surface area contributed by atoms with Crippen molar-refractivity contribution in [2.45, 2.75) is 37.8 Å². The van der Waals surface area contributed by atoms with Crippen LogP contribution in [0.4, 0.5) is 0 Å². The third-order valence-electron chi connectivity index (χ3n) is 4.03. The maximum atomic E-state index is 11.9. The van der Waals surface area contributed by atoms with E-state index in [1.165, 1.54) is 12.8 Å². The number of likely N-dealkylation sites (tertiary alicyclic amines) is 1. The van der Waals surface area contributed by atoms with Crippen LogP contribution >= 0.6 is 0 Å². The van der Waals surface area contributed by atoms with E-state index >= 15 is 0 Å². The molecule has 0 radical (unpaired) electrons. The Labute approximate surface area is 119 Å². The molecule has 0 atom stereocenters. The van der Waals surface area contributed by atoms with Crippen LogP contribution in [0.3, 0.4) is 0 Å². The number of nitrogens with zero attached hydrogens (tertiary/aromatic N) is 2. The van der Waals surface area contributed by atoms with Gasteiger partial charge in [-0.15, -0.1) is 0 Å². The molecule has 1 aromatic heterocycles. The van der Waals surface area contributed by atoms with Crippen LogP contribution < -0.4 is 5.32 Å². The van der Waals surface area contributed by atoms with Crippen molar-refractivity contribution in [3.8, 4) is 0 Å². The van der Waals surface area contributed by atoms with Crippen LogP contribution in [0.25, 0.3) is 6.08 Å². The topological polar surface area (TPSA) is 45.2 Å². The summed E-state index contributed by atoms with van der Waals surface area (Å²) in [5.74, 6) is -0.0134. The number of amides is 1. The highest BCUT2D eigenvalue weighted by atomic mass is 16.1. The minimum absolute atomic E-state index is 0.0134. The third kappa shape index (κ3) is 3.67. The number of carbonyl (C=O) groups is 1. The van der Waals surface area contributed by atoms with Crippen LogP contribution in [0.15, 0.2) is 30.5 Å². The number of nitrogens with one attached hydrogen (secondary N) is 1. The Kier molecular flexibility index (Phi) is 4.11. The Hall–Kier alpha value is -1.68. The van der Waals surface area contributed by atoms with E-state index in [9.17, 15) is 4.79 Å². The fourth-order valence-corrected chi connectivity index (χ4v) is 2.73. The molecule has 1 aliphatic heterocycles. The average Bonchev–Trinajstić information content (AvgIpc) is 3.32. The van der Waals surface area contributed by atoms with Gasteiger partial charge < -0.3 is 10.2 Å². The fourth-order valence-electron chi connectivity index (χ4n) is 2.73. The molecule has 2 fully saturated rings. The number of aromatic nitrogens is 1. The van der Waals surface area contributed by atoms with E-state index in [4.69, 9.17) is 0 Å². The molecule has 0 spiro atoms. The molecule has 0 bridgehead atoms. The van der Waals surface area contributed by atoms with Crippen molar-refractivity contribution in [2.75, 3.05) is 13.1 Å². The van der Waals surface area contributed by atoms with Gasteiger partial charge in [0.25, 0.3) is 0 Å². The minimum atomic E-state index is -0.0134. The van der Waals surface area contributed by atoms with Crippen molar-refractivity contribution < 1.29 is 4.79 Å². The Morgan fingerprint density at radius 2 is 2.05 bits per heavy atom. The molecule has 20 heavy (non-hydrogen) atoms. The minimum Gasteiger partial charge on any atom is -0.350 e. The first-order valence-electron chi connectivity index (χ1n) is 7.45. The summed E-state index contributed by atoms with van der Waals surface area (Å²) >= 11 is 0. The van der Waals surface area contributed by atoms with Gasteiger partial charge in [0.2, 0.25) is 5.91 Å². The van der Waals surface area contributed by atoms with Crippen LogP contribution in [0.2, 0.25) is 0 Å². The van der Waals surface area contributed by atoms with Crippen molar-refractivity contribution in [1.29, 1.82) is 0 Å². The zero-order valence-corrected chi connectivity index (χ0v) is 11.7. The number of pyridine rings is 1. The summed E-state index contributed by atoms with van der Waals surface area (Å²) < 4.78 is 0. The van der Waals surface area contributed by atoms with Gasteiger partial charge in [-0.3, -0.25) is 9.78 Å². The second-order valence-electron chi connectivity index (χ2n) is 5.64. The van der Waals surface area contributed by atoms with Crippen LogP contribution in [0, 0.1) is 0 Å². The molecule has 1 aromatic rings. The Morgan fingerprint density at radius 3 is 2.70 bits per heavy atom. The first kappa shape index (κ1) is 13.3. The van der Waals surface area contributed by atoms with E-state index in [2.05, 4.69) is 15.2 Å². The third-order valence-corrected chi connectivity index (χ3v) is 4.03. The van der Waals surface area contributed by atoms with Gasteiger partial charge in [0.1, 0.15) is 0 Å². The van der Waals surface area contributed by atoms with E-state index in [0.717, 1.165) is 37.7 Å². The van der Waals surface area contributed by atoms with Gasteiger partial charge in [-0.25, -0.2) is 0 Å². The van der Waals surface area contributed by atoms with Crippen LogP contribution in [0.5, 0.6) is 0 Å². The van der Waals surface area contributed by atoms with Crippen molar-refractivity contribution in [1.82, 2.24) is 15.2 Å². The Bertz CT molecular complexity index is 474. The molecular formula is C16H21N3O. The first-order valence-corrected chi connectivity index (χ1v) is 7.45. The number of hydrogen-bond donors (Lipinski definition) is 1. The van der Waals surface area contributed by atoms with Crippen molar-refractivity contribution in [3.05, 3.63) is 36.2 Å². The SMILES string of the molecule is O=C(/C=C/c1ccccn1)NC1CCN(C2CC2)CC1. The summed E-state index contributed by atoms with van der Waals surface area (Å²) in [7, 11) is 0. The predicted molar refractivity (Wildman–Crippen MR) is 79.0 cm³/mol. The molecule has 2 aliphatic rings. The molecule has 106 valence electrons. The van der Waals surface area contributed by atoms with Gasteiger partial charge in [0.05, 0.1) is 5.69 Å². The lowest BCUT2D eigenvalue weighted by Gasteiger charge is -2.32. The summed E-state index contributed by atoms with van der Waals surface area (Å²) in [5.41, 5.74) is 0.811. The number of hydrogen-bond acceptors (Lipinski definition) is 3. The molecule has 3 rings (SSSR count). The summed E-state index contributed by atoms with van der Waals surface area (Å²) in [6.45, 7) is 2.25. The van der Waals surface area contributed by atoms with Gasteiger partial charge in [-0.2, -0.15) is 0 Å². The second kappa shape index (κ2) is 6.18. The Morgan fingerprint density at radius 1 is 1.25 bits per heavy atom. The molecular weight excluding hydrogens is 250 g/mol. The molecule has 1 saturated heterocycles.